The molecule has 140 valence electrons. The monoisotopic (exact) mass is 355 g/mol. The van der Waals surface area contributed by atoms with Gasteiger partial charge in [-0.25, -0.2) is 0 Å². The van der Waals surface area contributed by atoms with E-state index in [-0.39, 0.29) is 5.60 Å². The molecule has 1 aliphatic rings. The molecule has 1 aromatic heterocycles. The smallest absolute Gasteiger partial charge is 0.191 e. The van der Waals surface area contributed by atoms with E-state index in [4.69, 9.17) is 14.1 Å². The molecular formula is C21H29N3O2. The summed E-state index contributed by atoms with van der Waals surface area (Å²) in [6.45, 7) is 5.29. The minimum atomic E-state index is -0.130. The fraction of sp³-hybridized carbons (Fsp3) is 0.476. The van der Waals surface area contributed by atoms with Gasteiger partial charge in [-0.15, -0.1) is 0 Å². The molecule has 1 unspecified atom stereocenters. The first-order valence-electron chi connectivity index (χ1n) is 9.46. The van der Waals surface area contributed by atoms with Crippen LogP contribution in [-0.4, -0.2) is 37.8 Å². The Morgan fingerprint density at radius 3 is 2.58 bits per heavy atom. The minimum Gasteiger partial charge on any atom is -0.469 e. The first kappa shape index (κ1) is 18.5. The van der Waals surface area contributed by atoms with Crippen LogP contribution in [0.2, 0.25) is 0 Å². The summed E-state index contributed by atoms with van der Waals surface area (Å²) in [6.07, 6.45) is 5.70. The van der Waals surface area contributed by atoms with E-state index in [9.17, 15) is 0 Å². The van der Waals surface area contributed by atoms with Crippen molar-refractivity contribution < 1.29 is 9.15 Å². The Balaban J connectivity index is 1.51. The number of hydrogen-bond donors (Lipinski definition) is 2. The molecule has 1 aromatic carbocycles. The van der Waals surface area contributed by atoms with Gasteiger partial charge in [0, 0.05) is 26.1 Å². The molecule has 1 saturated heterocycles. The first-order valence-corrected chi connectivity index (χ1v) is 9.46. The van der Waals surface area contributed by atoms with Gasteiger partial charge in [0.25, 0.3) is 0 Å². The van der Waals surface area contributed by atoms with Crippen molar-refractivity contribution in [1.29, 1.82) is 0 Å². The second-order valence-corrected chi connectivity index (χ2v) is 6.99. The van der Waals surface area contributed by atoms with Gasteiger partial charge in [0.1, 0.15) is 5.76 Å². The van der Waals surface area contributed by atoms with Crippen molar-refractivity contribution in [2.45, 2.75) is 38.2 Å². The van der Waals surface area contributed by atoms with Gasteiger partial charge in [-0.1, -0.05) is 30.3 Å². The topological polar surface area (TPSA) is 58.8 Å². The Kier molecular flexibility index (Phi) is 6.72. The zero-order valence-electron chi connectivity index (χ0n) is 15.5. The highest BCUT2D eigenvalue weighted by Crippen LogP contribution is 2.24. The second kappa shape index (κ2) is 9.43. The van der Waals surface area contributed by atoms with E-state index in [1.807, 2.05) is 18.2 Å². The van der Waals surface area contributed by atoms with Crippen LogP contribution in [-0.2, 0) is 17.6 Å². The highest BCUT2D eigenvalue weighted by molar-refractivity contribution is 5.79. The van der Waals surface area contributed by atoms with Gasteiger partial charge in [-0.05, 0) is 43.9 Å². The maximum atomic E-state index is 5.85. The molecule has 1 fully saturated rings. The van der Waals surface area contributed by atoms with Crippen LogP contribution in [0, 0.1) is 0 Å². The lowest BCUT2D eigenvalue weighted by atomic mass is 10.0. The average Bonchev–Trinajstić information content (AvgIpc) is 3.32. The maximum absolute atomic E-state index is 5.85. The summed E-state index contributed by atoms with van der Waals surface area (Å²) in [6, 6.07) is 14.4. The summed E-state index contributed by atoms with van der Waals surface area (Å²) in [4.78, 5) is 4.77. The lowest BCUT2D eigenvalue weighted by Crippen LogP contribution is -2.41. The molecule has 0 amide bonds. The van der Waals surface area contributed by atoms with Crippen LogP contribution < -0.4 is 10.6 Å². The van der Waals surface area contributed by atoms with Crippen molar-refractivity contribution in [1.82, 2.24) is 10.6 Å². The molecule has 5 heteroatoms. The maximum Gasteiger partial charge on any atom is 0.191 e. The lowest BCUT2D eigenvalue weighted by Gasteiger charge is -2.21. The summed E-state index contributed by atoms with van der Waals surface area (Å²) in [5, 5.41) is 6.85. The van der Waals surface area contributed by atoms with Crippen LogP contribution in [0.4, 0.5) is 0 Å². The van der Waals surface area contributed by atoms with E-state index in [0.29, 0.717) is 6.54 Å². The first-order chi connectivity index (χ1) is 12.7. The number of guanidine groups is 1. The van der Waals surface area contributed by atoms with Gasteiger partial charge in [-0.2, -0.15) is 0 Å². The number of nitrogens with one attached hydrogen (secondary N) is 2. The van der Waals surface area contributed by atoms with Crippen LogP contribution >= 0.6 is 0 Å². The van der Waals surface area contributed by atoms with Gasteiger partial charge < -0.3 is 19.8 Å². The van der Waals surface area contributed by atoms with Crippen molar-refractivity contribution in [2.24, 2.45) is 4.99 Å². The summed E-state index contributed by atoms with van der Waals surface area (Å²) >= 11 is 0. The number of hydrogen-bond acceptors (Lipinski definition) is 3. The molecule has 0 spiro atoms. The average molecular weight is 355 g/mol. The van der Waals surface area contributed by atoms with Gasteiger partial charge in [0.05, 0.1) is 18.4 Å². The van der Waals surface area contributed by atoms with E-state index in [1.165, 1.54) is 5.56 Å². The predicted octanol–water partition coefficient (Wildman–Crippen LogP) is 3.17. The van der Waals surface area contributed by atoms with Gasteiger partial charge in [0.2, 0.25) is 0 Å². The Morgan fingerprint density at radius 1 is 1.08 bits per heavy atom. The molecule has 0 radical (unpaired) electrons. The Bertz CT molecular complexity index is 662. The normalized spacial score (nSPS) is 20.3. The zero-order valence-corrected chi connectivity index (χ0v) is 15.5. The third-order valence-electron chi connectivity index (χ3n) is 4.67. The third kappa shape index (κ3) is 5.92. The fourth-order valence-corrected chi connectivity index (χ4v) is 3.11. The van der Waals surface area contributed by atoms with Gasteiger partial charge in [0.15, 0.2) is 5.96 Å². The summed E-state index contributed by atoms with van der Waals surface area (Å²) < 4.78 is 11.2. The van der Waals surface area contributed by atoms with Crippen LogP contribution in [0.5, 0.6) is 0 Å². The molecule has 1 aliphatic heterocycles. The van der Waals surface area contributed by atoms with E-state index < -0.39 is 0 Å². The summed E-state index contributed by atoms with van der Waals surface area (Å²) in [5.41, 5.74) is 1.19. The quantitative estimate of drug-likeness (QED) is 0.564. The van der Waals surface area contributed by atoms with Crippen LogP contribution in [0.1, 0.15) is 31.1 Å². The van der Waals surface area contributed by atoms with Crippen molar-refractivity contribution in [2.75, 3.05) is 26.2 Å². The van der Waals surface area contributed by atoms with Crippen LogP contribution in [0.15, 0.2) is 58.1 Å². The number of furan rings is 1. The van der Waals surface area contributed by atoms with E-state index in [0.717, 1.165) is 57.1 Å². The number of aliphatic imine (C=N–C) groups is 1. The molecule has 26 heavy (non-hydrogen) atoms. The van der Waals surface area contributed by atoms with Crippen molar-refractivity contribution >= 4 is 5.96 Å². The predicted molar refractivity (Wildman–Crippen MR) is 104 cm³/mol. The van der Waals surface area contributed by atoms with Crippen molar-refractivity contribution in [3.8, 4) is 0 Å². The van der Waals surface area contributed by atoms with Gasteiger partial charge in [-0.3, -0.25) is 4.99 Å². The van der Waals surface area contributed by atoms with Crippen LogP contribution in [0.3, 0.4) is 0 Å². The Morgan fingerprint density at radius 2 is 1.88 bits per heavy atom. The lowest BCUT2D eigenvalue weighted by molar-refractivity contribution is 0.0283. The molecular weight excluding hydrogens is 326 g/mol. The molecule has 0 bridgehead atoms. The minimum absolute atomic E-state index is 0.130. The van der Waals surface area contributed by atoms with E-state index in [2.05, 4.69) is 41.8 Å². The summed E-state index contributed by atoms with van der Waals surface area (Å²) in [7, 11) is 0. The van der Waals surface area contributed by atoms with Crippen LogP contribution in [0.25, 0.3) is 0 Å². The van der Waals surface area contributed by atoms with E-state index >= 15 is 0 Å². The molecule has 2 aromatic rings. The zero-order chi connectivity index (χ0) is 18.1. The van der Waals surface area contributed by atoms with E-state index in [1.54, 1.807) is 6.26 Å². The van der Waals surface area contributed by atoms with Crippen molar-refractivity contribution in [3.63, 3.8) is 0 Å². The highest BCUT2D eigenvalue weighted by Gasteiger charge is 2.29. The number of ether oxygens (including phenoxy) is 1. The number of rotatable bonds is 8. The molecule has 0 saturated carbocycles. The highest BCUT2D eigenvalue weighted by atomic mass is 16.5. The molecule has 0 aliphatic carbocycles. The Hall–Kier alpha value is -2.27. The largest absolute Gasteiger partial charge is 0.469 e. The molecule has 3 rings (SSSR count). The third-order valence-corrected chi connectivity index (χ3v) is 4.67. The SMILES string of the molecule is CC1(CN=C(NCCc2ccccc2)NCCc2ccco2)CCCO1. The standard InChI is InChI=1S/C21H29N3O2/c1-21(12-6-16-26-21)17-24-20(23-14-11-19-9-5-15-25-19)22-13-10-18-7-3-2-4-8-18/h2-5,7-9,15H,6,10-14,16-17H2,1H3,(H2,22,23,24). The fourth-order valence-electron chi connectivity index (χ4n) is 3.11. The second-order valence-electron chi connectivity index (χ2n) is 6.99. The number of nitrogens with zero attached hydrogens (tertiary/aromatic N) is 1. The van der Waals surface area contributed by atoms with Gasteiger partial charge >= 0.3 is 0 Å². The molecule has 2 heterocycles. The number of benzene rings is 1. The molecule has 5 nitrogen and oxygen atoms in total. The molecule has 1 atom stereocenters. The van der Waals surface area contributed by atoms with Crippen molar-refractivity contribution in [3.05, 3.63) is 60.1 Å². The Labute approximate surface area is 155 Å². The summed E-state index contributed by atoms with van der Waals surface area (Å²) in [5.74, 6) is 1.82. The molecule has 2 N–H and O–H groups in total.